The van der Waals surface area contributed by atoms with Crippen molar-refractivity contribution in [2.24, 2.45) is 7.05 Å². The molecule has 2 aromatic rings. The van der Waals surface area contributed by atoms with E-state index < -0.39 is 0 Å². The van der Waals surface area contributed by atoms with Crippen LogP contribution in [0.4, 0.5) is 0 Å². The highest BCUT2D eigenvalue weighted by Gasteiger charge is 2.27. The van der Waals surface area contributed by atoms with E-state index in [4.69, 9.17) is 9.72 Å². The molecule has 0 saturated heterocycles. The van der Waals surface area contributed by atoms with Gasteiger partial charge in [-0.3, -0.25) is 19.0 Å². The predicted molar refractivity (Wildman–Crippen MR) is 117 cm³/mol. The van der Waals surface area contributed by atoms with Gasteiger partial charge < -0.3 is 9.64 Å². The third-order valence-electron chi connectivity index (χ3n) is 5.25. The quantitative estimate of drug-likeness (QED) is 0.412. The number of esters is 1. The van der Waals surface area contributed by atoms with E-state index >= 15 is 0 Å². The standard InChI is InChI=1S/C23H33N3O4/c1-5-8-11-16-26(20(27)14-15-21(28)30-7-3)19(6-2)22-24-18-13-10-9-12-17(18)23(29)25(22)4/h9-10,12-13,19H,5-8,11,14-16H2,1-4H3. The molecule has 30 heavy (non-hydrogen) atoms. The highest BCUT2D eigenvalue weighted by atomic mass is 16.5. The minimum Gasteiger partial charge on any atom is -0.466 e. The minimum absolute atomic E-state index is 0.0530. The van der Waals surface area contributed by atoms with E-state index in [0.29, 0.717) is 36.3 Å². The average Bonchev–Trinajstić information content (AvgIpc) is 2.75. The molecule has 7 heteroatoms. The maximum atomic E-state index is 13.1. The largest absolute Gasteiger partial charge is 0.466 e. The Morgan fingerprint density at radius 3 is 2.53 bits per heavy atom. The Bertz CT molecular complexity index is 922. The molecule has 1 aromatic heterocycles. The second-order valence-electron chi connectivity index (χ2n) is 7.37. The Labute approximate surface area is 178 Å². The van der Waals surface area contributed by atoms with Crippen molar-refractivity contribution in [1.82, 2.24) is 14.5 Å². The van der Waals surface area contributed by atoms with Crippen molar-refractivity contribution in [2.75, 3.05) is 13.2 Å². The maximum absolute atomic E-state index is 13.1. The zero-order chi connectivity index (χ0) is 22.1. The maximum Gasteiger partial charge on any atom is 0.306 e. The fourth-order valence-electron chi connectivity index (χ4n) is 3.65. The number of ether oxygens (including phenoxy) is 1. The summed E-state index contributed by atoms with van der Waals surface area (Å²) in [6.07, 6.45) is 3.66. The Morgan fingerprint density at radius 2 is 1.87 bits per heavy atom. The van der Waals surface area contributed by atoms with E-state index in [-0.39, 0.29) is 36.3 Å². The molecular formula is C23H33N3O4. The first-order chi connectivity index (χ1) is 14.4. The molecule has 0 aliphatic rings. The molecule has 2 rings (SSSR count). The van der Waals surface area contributed by atoms with Gasteiger partial charge in [-0.25, -0.2) is 4.98 Å². The summed E-state index contributed by atoms with van der Waals surface area (Å²) in [5.74, 6) is 0.0826. The van der Waals surface area contributed by atoms with Crippen molar-refractivity contribution in [3.8, 4) is 0 Å². The van der Waals surface area contributed by atoms with Crippen molar-refractivity contribution in [3.63, 3.8) is 0 Å². The highest BCUT2D eigenvalue weighted by Crippen LogP contribution is 2.25. The van der Waals surface area contributed by atoms with Crippen LogP contribution in [0.5, 0.6) is 0 Å². The van der Waals surface area contributed by atoms with Gasteiger partial charge in [0.1, 0.15) is 5.82 Å². The lowest BCUT2D eigenvalue weighted by Gasteiger charge is -2.32. The summed E-state index contributed by atoms with van der Waals surface area (Å²) < 4.78 is 6.50. The predicted octanol–water partition coefficient (Wildman–Crippen LogP) is 3.75. The fraction of sp³-hybridized carbons (Fsp3) is 0.565. The number of aromatic nitrogens is 2. The van der Waals surface area contributed by atoms with Gasteiger partial charge in [-0.2, -0.15) is 0 Å². The smallest absolute Gasteiger partial charge is 0.306 e. The lowest BCUT2D eigenvalue weighted by molar-refractivity contribution is -0.146. The summed E-state index contributed by atoms with van der Waals surface area (Å²) in [7, 11) is 1.70. The van der Waals surface area contributed by atoms with Crippen molar-refractivity contribution in [3.05, 3.63) is 40.4 Å². The molecule has 0 spiro atoms. The van der Waals surface area contributed by atoms with E-state index in [1.165, 1.54) is 0 Å². The fourth-order valence-corrected chi connectivity index (χ4v) is 3.65. The van der Waals surface area contributed by atoms with Crippen molar-refractivity contribution < 1.29 is 14.3 Å². The molecule has 1 atom stereocenters. The molecule has 0 radical (unpaired) electrons. The summed E-state index contributed by atoms with van der Waals surface area (Å²) in [6.45, 7) is 6.71. The van der Waals surface area contributed by atoms with Crippen LogP contribution in [-0.4, -0.2) is 39.5 Å². The summed E-state index contributed by atoms with van der Waals surface area (Å²) in [4.78, 5) is 44.2. The second kappa shape index (κ2) is 11.5. The van der Waals surface area contributed by atoms with Crippen molar-refractivity contribution in [2.45, 2.75) is 65.3 Å². The second-order valence-corrected chi connectivity index (χ2v) is 7.37. The molecule has 0 bridgehead atoms. The molecule has 1 heterocycles. The third-order valence-corrected chi connectivity index (χ3v) is 5.25. The lowest BCUT2D eigenvalue weighted by atomic mass is 10.1. The van der Waals surface area contributed by atoms with Gasteiger partial charge in [0.2, 0.25) is 5.91 Å². The van der Waals surface area contributed by atoms with E-state index in [0.717, 1.165) is 19.3 Å². The van der Waals surface area contributed by atoms with Gasteiger partial charge >= 0.3 is 5.97 Å². The van der Waals surface area contributed by atoms with Crippen LogP contribution in [-0.2, 0) is 21.4 Å². The number of benzene rings is 1. The van der Waals surface area contributed by atoms with E-state index in [9.17, 15) is 14.4 Å². The lowest BCUT2D eigenvalue weighted by Crippen LogP contribution is -2.39. The summed E-state index contributed by atoms with van der Waals surface area (Å²) in [5.41, 5.74) is 0.503. The first kappa shape index (κ1) is 23.6. The van der Waals surface area contributed by atoms with Crippen molar-refractivity contribution in [1.29, 1.82) is 0 Å². The third kappa shape index (κ3) is 5.68. The summed E-state index contributed by atoms with van der Waals surface area (Å²) in [6, 6.07) is 6.91. The number of carbonyl (C=O) groups excluding carboxylic acids is 2. The van der Waals surface area contributed by atoms with E-state index in [2.05, 4.69) is 6.92 Å². The van der Waals surface area contributed by atoms with Crippen LogP contribution in [0.25, 0.3) is 10.9 Å². The molecule has 0 fully saturated rings. The number of hydrogen-bond donors (Lipinski definition) is 0. The molecule has 7 nitrogen and oxygen atoms in total. The number of amides is 1. The summed E-state index contributed by atoms with van der Waals surface area (Å²) in [5, 5.41) is 0.560. The number of carbonyl (C=O) groups is 2. The van der Waals surface area contributed by atoms with Crippen LogP contribution in [0.2, 0.25) is 0 Å². The summed E-state index contributed by atoms with van der Waals surface area (Å²) >= 11 is 0. The van der Waals surface area contributed by atoms with E-state index in [1.54, 1.807) is 29.5 Å². The van der Waals surface area contributed by atoms with Crippen LogP contribution in [0, 0.1) is 0 Å². The topological polar surface area (TPSA) is 81.5 Å². The monoisotopic (exact) mass is 415 g/mol. The molecular weight excluding hydrogens is 382 g/mol. The molecule has 164 valence electrons. The first-order valence-electron chi connectivity index (χ1n) is 10.8. The molecule has 1 aromatic carbocycles. The van der Waals surface area contributed by atoms with Crippen LogP contribution in [0.15, 0.2) is 29.1 Å². The zero-order valence-corrected chi connectivity index (χ0v) is 18.5. The van der Waals surface area contributed by atoms with Gasteiger partial charge in [0, 0.05) is 20.0 Å². The Hall–Kier alpha value is -2.70. The van der Waals surface area contributed by atoms with Crippen LogP contribution >= 0.6 is 0 Å². The number of rotatable bonds is 11. The molecule has 0 aliphatic heterocycles. The minimum atomic E-state index is -0.372. The highest BCUT2D eigenvalue weighted by molar-refractivity contribution is 5.82. The van der Waals surface area contributed by atoms with Crippen molar-refractivity contribution >= 4 is 22.8 Å². The number of hydrogen-bond acceptors (Lipinski definition) is 5. The Morgan fingerprint density at radius 1 is 1.13 bits per heavy atom. The first-order valence-corrected chi connectivity index (χ1v) is 10.8. The number of fused-ring (bicyclic) bond motifs is 1. The molecule has 1 unspecified atom stereocenters. The van der Waals surface area contributed by atoms with Gasteiger partial charge in [-0.1, -0.05) is 38.8 Å². The van der Waals surface area contributed by atoms with Crippen LogP contribution in [0.1, 0.15) is 71.2 Å². The normalized spacial score (nSPS) is 12.0. The molecule has 0 N–H and O–H groups in total. The molecule has 0 aliphatic carbocycles. The zero-order valence-electron chi connectivity index (χ0n) is 18.5. The number of nitrogens with zero attached hydrogens (tertiary/aromatic N) is 3. The van der Waals surface area contributed by atoms with Gasteiger partial charge in [0.15, 0.2) is 0 Å². The number of unbranched alkanes of at least 4 members (excludes halogenated alkanes) is 2. The SMILES string of the molecule is CCCCCN(C(=O)CCC(=O)OCC)C(CC)c1nc2ccccc2c(=O)n1C. The molecule has 0 saturated carbocycles. The Kier molecular flexibility index (Phi) is 9.02. The average molecular weight is 416 g/mol. The van der Waals surface area contributed by atoms with Gasteiger partial charge in [0.25, 0.3) is 5.56 Å². The van der Waals surface area contributed by atoms with Crippen LogP contribution < -0.4 is 5.56 Å². The van der Waals surface area contributed by atoms with Crippen LogP contribution in [0.3, 0.4) is 0 Å². The Balaban J connectivity index is 2.38. The van der Waals surface area contributed by atoms with Gasteiger partial charge in [-0.15, -0.1) is 0 Å². The van der Waals surface area contributed by atoms with Gasteiger partial charge in [-0.05, 0) is 31.9 Å². The number of para-hydroxylation sites is 1. The van der Waals surface area contributed by atoms with Gasteiger partial charge in [0.05, 0.1) is 30.0 Å². The molecule has 1 amide bonds. The van der Waals surface area contributed by atoms with E-state index in [1.807, 2.05) is 25.1 Å².